The summed E-state index contributed by atoms with van der Waals surface area (Å²) in [4.78, 5) is 14.5. The van der Waals surface area contributed by atoms with Crippen LogP contribution in [0.15, 0.2) is 24.3 Å². The Morgan fingerprint density at radius 3 is 2.77 bits per heavy atom. The van der Waals surface area contributed by atoms with Gasteiger partial charge >= 0.3 is 0 Å². The second-order valence-electron chi connectivity index (χ2n) is 6.36. The standard InChI is InChI=1S/C17H23FN2O.ClH/c18-14-6-1-5-13(10-14)16-8-3-9-20(16)17(21)11-12-4-2-7-15(12)19;/h1,5-6,10,12,15-16H,2-4,7-9,11,19H2;1H/t12-,15+,16?;/m0./s1. The molecule has 2 fully saturated rings. The quantitative estimate of drug-likeness (QED) is 0.925. The number of rotatable bonds is 3. The van der Waals surface area contributed by atoms with Crippen molar-refractivity contribution in [2.75, 3.05) is 6.54 Å². The van der Waals surface area contributed by atoms with Crippen molar-refractivity contribution in [3.05, 3.63) is 35.6 Å². The molecule has 1 aliphatic carbocycles. The second kappa shape index (κ2) is 7.42. The zero-order chi connectivity index (χ0) is 14.8. The minimum absolute atomic E-state index is 0. The lowest BCUT2D eigenvalue weighted by atomic mass is 9.98. The van der Waals surface area contributed by atoms with E-state index in [1.165, 1.54) is 6.07 Å². The van der Waals surface area contributed by atoms with Crippen molar-refractivity contribution in [2.24, 2.45) is 11.7 Å². The van der Waals surface area contributed by atoms with E-state index in [1.54, 1.807) is 12.1 Å². The molecule has 5 heteroatoms. The van der Waals surface area contributed by atoms with Gasteiger partial charge in [-0.3, -0.25) is 4.79 Å². The van der Waals surface area contributed by atoms with E-state index >= 15 is 0 Å². The molecule has 22 heavy (non-hydrogen) atoms. The summed E-state index contributed by atoms with van der Waals surface area (Å²) in [7, 11) is 0. The van der Waals surface area contributed by atoms with E-state index in [0.717, 1.165) is 44.2 Å². The van der Waals surface area contributed by atoms with Crippen LogP contribution in [0.25, 0.3) is 0 Å². The van der Waals surface area contributed by atoms with Crippen molar-refractivity contribution < 1.29 is 9.18 Å². The third-order valence-corrected chi connectivity index (χ3v) is 4.96. The van der Waals surface area contributed by atoms with E-state index in [0.29, 0.717) is 12.3 Å². The maximum absolute atomic E-state index is 13.4. The van der Waals surface area contributed by atoms with E-state index in [-0.39, 0.29) is 36.2 Å². The Labute approximate surface area is 137 Å². The first-order valence-corrected chi connectivity index (χ1v) is 7.95. The van der Waals surface area contributed by atoms with Crippen LogP contribution in [0.5, 0.6) is 0 Å². The molecular formula is C17H24ClFN2O. The average Bonchev–Trinajstić information content (AvgIpc) is 3.08. The number of hydrogen-bond acceptors (Lipinski definition) is 2. The Balaban J connectivity index is 0.00000176. The van der Waals surface area contributed by atoms with Gasteiger partial charge in [0.1, 0.15) is 5.82 Å². The summed E-state index contributed by atoms with van der Waals surface area (Å²) < 4.78 is 13.4. The molecule has 1 saturated heterocycles. The van der Waals surface area contributed by atoms with Gasteiger partial charge in [-0.2, -0.15) is 0 Å². The number of halogens is 2. The van der Waals surface area contributed by atoms with E-state index in [1.807, 2.05) is 11.0 Å². The predicted octanol–water partition coefficient (Wildman–Crippen LogP) is 3.43. The molecule has 2 aliphatic rings. The average molecular weight is 327 g/mol. The number of amides is 1. The predicted molar refractivity (Wildman–Crippen MR) is 87.3 cm³/mol. The molecule has 0 spiro atoms. The van der Waals surface area contributed by atoms with Crippen LogP contribution >= 0.6 is 12.4 Å². The number of nitrogens with zero attached hydrogens (tertiary/aromatic N) is 1. The van der Waals surface area contributed by atoms with Crippen LogP contribution in [0.4, 0.5) is 4.39 Å². The van der Waals surface area contributed by atoms with Crippen molar-refractivity contribution >= 4 is 18.3 Å². The molecule has 0 bridgehead atoms. The number of carbonyl (C=O) groups excluding carboxylic acids is 1. The Bertz CT molecular complexity index is 525. The van der Waals surface area contributed by atoms with Gasteiger partial charge in [0.15, 0.2) is 0 Å². The molecule has 0 aromatic heterocycles. The van der Waals surface area contributed by atoms with Crippen molar-refractivity contribution in [2.45, 2.75) is 50.6 Å². The lowest BCUT2D eigenvalue weighted by Crippen LogP contribution is -2.35. The van der Waals surface area contributed by atoms with Gasteiger partial charge in [-0.05, 0) is 49.3 Å². The highest BCUT2D eigenvalue weighted by Gasteiger charge is 2.33. The molecular weight excluding hydrogens is 303 g/mol. The topological polar surface area (TPSA) is 46.3 Å². The van der Waals surface area contributed by atoms with Crippen LogP contribution in [0.1, 0.15) is 50.1 Å². The molecule has 0 radical (unpaired) electrons. The fourth-order valence-electron chi connectivity index (χ4n) is 3.79. The molecule has 1 heterocycles. The normalized spacial score (nSPS) is 27.7. The SMILES string of the molecule is Cl.N[C@@H]1CCC[C@H]1CC(=O)N1CCCC1c1cccc(F)c1. The van der Waals surface area contributed by atoms with Gasteiger partial charge in [0.25, 0.3) is 0 Å². The summed E-state index contributed by atoms with van der Waals surface area (Å²) in [5, 5.41) is 0. The fourth-order valence-corrected chi connectivity index (χ4v) is 3.79. The molecule has 3 nitrogen and oxygen atoms in total. The van der Waals surface area contributed by atoms with Crippen LogP contribution in [-0.2, 0) is 4.79 Å². The largest absolute Gasteiger partial charge is 0.336 e. The minimum atomic E-state index is -0.232. The molecule has 3 atom stereocenters. The second-order valence-corrected chi connectivity index (χ2v) is 6.36. The molecule has 2 N–H and O–H groups in total. The summed E-state index contributed by atoms with van der Waals surface area (Å²) >= 11 is 0. The van der Waals surface area contributed by atoms with E-state index in [2.05, 4.69) is 0 Å². The summed E-state index contributed by atoms with van der Waals surface area (Å²) in [6.45, 7) is 0.780. The van der Waals surface area contributed by atoms with Crippen LogP contribution in [-0.4, -0.2) is 23.4 Å². The molecule has 1 unspecified atom stereocenters. The first-order chi connectivity index (χ1) is 10.1. The van der Waals surface area contributed by atoms with Crippen molar-refractivity contribution in [1.82, 2.24) is 4.90 Å². The molecule has 122 valence electrons. The zero-order valence-electron chi connectivity index (χ0n) is 12.7. The third-order valence-electron chi connectivity index (χ3n) is 4.96. The summed E-state index contributed by atoms with van der Waals surface area (Å²) in [6, 6.07) is 6.84. The maximum atomic E-state index is 13.4. The Hall–Kier alpha value is -1.13. The Morgan fingerprint density at radius 2 is 2.09 bits per heavy atom. The van der Waals surface area contributed by atoms with Crippen LogP contribution in [0, 0.1) is 11.7 Å². The van der Waals surface area contributed by atoms with Gasteiger partial charge in [0.2, 0.25) is 5.91 Å². The highest BCUT2D eigenvalue weighted by Crippen LogP contribution is 2.35. The first kappa shape index (κ1) is 17.2. The fraction of sp³-hybridized carbons (Fsp3) is 0.588. The van der Waals surface area contributed by atoms with E-state index in [9.17, 15) is 9.18 Å². The lowest BCUT2D eigenvalue weighted by molar-refractivity contribution is -0.133. The smallest absolute Gasteiger partial charge is 0.223 e. The molecule has 1 aliphatic heterocycles. The maximum Gasteiger partial charge on any atom is 0.223 e. The zero-order valence-corrected chi connectivity index (χ0v) is 13.5. The lowest BCUT2D eigenvalue weighted by Gasteiger charge is -2.27. The van der Waals surface area contributed by atoms with Gasteiger partial charge < -0.3 is 10.6 Å². The third kappa shape index (κ3) is 3.61. The van der Waals surface area contributed by atoms with Crippen LogP contribution < -0.4 is 5.73 Å². The van der Waals surface area contributed by atoms with E-state index < -0.39 is 0 Å². The van der Waals surface area contributed by atoms with Crippen molar-refractivity contribution in [3.8, 4) is 0 Å². The van der Waals surface area contributed by atoms with Gasteiger partial charge in [0, 0.05) is 19.0 Å². The number of carbonyl (C=O) groups is 1. The van der Waals surface area contributed by atoms with Gasteiger partial charge in [-0.1, -0.05) is 18.6 Å². The number of hydrogen-bond donors (Lipinski definition) is 1. The van der Waals surface area contributed by atoms with Gasteiger partial charge in [-0.25, -0.2) is 4.39 Å². The summed E-state index contributed by atoms with van der Waals surface area (Å²) in [5.74, 6) is 0.278. The summed E-state index contributed by atoms with van der Waals surface area (Å²) in [6.07, 6.45) is 5.69. The summed E-state index contributed by atoms with van der Waals surface area (Å²) in [5.41, 5.74) is 6.98. The highest BCUT2D eigenvalue weighted by molar-refractivity contribution is 5.85. The van der Waals surface area contributed by atoms with Gasteiger partial charge in [-0.15, -0.1) is 12.4 Å². The first-order valence-electron chi connectivity index (χ1n) is 7.95. The van der Waals surface area contributed by atoms with Crippen molar-refractivity contribution in [3.63, 3.8) is 0 Å². The molecule has 1 saturated carbocycles. The molecule has 3 rings (SSSR count). The Morgan fingerprint density at radius 1 is 1.27 bits per heavy atom. The van der Waals surface area contributed by atoms with Crippen LogP contribution in [0.3, 0.4) is 0 Å². The van der Waals surface area contributed by atoms with E-state index in [4.69, 9.17) is 5.73 Å². The number of nitrogens with two attached hydrogens (primary N) is 1. The number of likely N-dealkylation sites (tertiary alicyclic amines) is 1. The van der Waals surface area contributed by atoms with Gasteiger partial charge in [0.05, 0.1) is 6.04 Å². The molecule has 1 aromatic rings. The monoisotopic (exact) mass is 326 g/mol. The highest BCUT2D eigenvalue weighted by atomic mass is 35.5. The van der Waals surface area contributed by atoms with Crippen molar-refractivity contribution in [1.29, 1.82) is 0 Å². The van der Waals surface area contributed by atoms with Crippen LogP contribution in [0.2, 0.25) is 0 Å². The molecule has 1 aromatic carbocycles. The Kier molecular flexibility index (Phi) is 5.81. The number of benzene rings is 1. The minimum Gasteiger partial charge on any atom is -0.336 e. The molecule has 1 amide bonds.